The second-order valence-corrected chi connectivity index (χ2v) is 3.42. The van der Waals surface area contributed by atoms with Crippen molar-refractivity contribution in [3.63, 3.8) is 0 Å². The van der Waals surface area contributed by atoms with Gasteiger partial charge in [-0.25, -0.2) is 0 Å². The maximum absolute atomic E-state index is 10.3. The highest BCUT2D eigenvalue weighted by Gasteiger charge is 2.06. The number of carboxylic acids is 1. The van der Waals surface area contributed by atoms with E-state index in [1.54, 1.807) is 18.0 Å². The Bertz CT molecular complexity index is 302. The zero-order valence-electron chi connectivity index (χ0n) is 7.71. The predicted octanol–water partition coefficient (Wildman–Crippen LogP) is 0.101. The molecule has 78 valence electrons. The van der Waals surface area contributed by atoms with Gasteiger partial charge >= 0.3 is 5.97 Å². The molecule has 1 N–H and O–H groups in total. The lowest BCUT2D eigenvalue weighted by atomic mass is 10.7. The molecule has 0 aliphatic heterocycles. The van der Waals surface area contributed by atoms with Crippen LogP contribution >= 0.6 is 11.8 Å². The van der Waals surface area contributed by atoms with Gasteiger partial charge < -0.3 is 14.4 Å². The Morgan fingerprint density at radius 3 is 3.21 bits per heavy atom. The SMILES string of the molecule is COCCn1cnnc1SCC(=O)O. The van der Waals surface area contributed by atoms with Gasteiger partial charge in [0.1, 0.15) is 6.33 Å². The number of carbonyl (C=O) groups is 1. The molecule has 0 saturated heterocycles. The minimum absolute atomic E-state index is 0.00826. The van der Waals surface area contributed by atoms with Crippen molar-refractivity contribution in [1.29, 1.82) is 0 Å². The first kappa shape index (κ1) is 11.0. The molecule has 1 heterocycles. The summed E-state index contributed by atoms with van der Waals surface area (Å²) in [5, 5.41) is 16.6. The van der Waals surface area contributed by atoms with E-state index < -0.39 is 5.97 Å². The van der Waals surface area contributed by atoms with E-state index in [0.29, 0.717) is 18.3 Å². The molecule has 1 aromatic rings. The lowest BCUT2D eigenvalue weighted by Crippen LogP contribution is -2.06. The molecular formula is C7H11N3O3S. The van der Waals surface area contributed by atoms with Crippen LogP contribution in [0.1, 0.15) is 0 Å². The number of hydrogen-bond donors (Lipinski definition) is 1. The molecule has 0 amide bonds. The monoisotopic (exact) mass is 217 g/mol. The molecule has 0 aliphatic carbocycles. The van der Waals surface area contributed by atoms with E-state index >= 15 is 0 Å². The number of hydrogen-bond acceptors (Lipinski definition) is 5. The summed E-state index contributed by atoms with van der Waals surface area (Å²) in [4.78, 5) is 10.3. The van der Waals surface area contributed by atoms with Gasteiger partial charge in [-0.3, -0.25) is 4.79 Å². The lowest BCUT2D eigenvalue weighted by molar-refractivity contribution is -0.133. The zero-order valence-corrected chi connectivity index (χ0v) is 8.53. The summed E-state index contributed by atoms with van der Waals surface area (Å²) >= 11 is 1.15. The molecule has 0 spiro atoms. The molecule has 0 bridgehead atoms. The molecular weight excluding hydrogens is 206 g/mol. The van der Waals surface area contributed by atoms with Crippen molar-refractivity contribution in [2.24, 2.45) is 0 Å². The van der Waals surface area contributed by atoms with E-state index in [-0.39, 0.29) is 5.75 Å². The van der Waals surface area contributed by atoms with Crippen LogP contribution in [0, 0.1) is 0 Å². The summed E-state index contributed by atoms with van der Waals surface area (Å²) in [5.74, 6) is -0.873. The number of ether oxygens (including phenoxy) is 1. The van der Waals surface area contributed by atoms with Crippen LogP contribution in [0.5, 0.6) is 0 Å². The first-order chi connectivity index (χ1) is 6.74. The van der Waals surface area contributed by atoms with Crippen LogP contribution in [0.15, 0.2) is 11.5 Å². The number of aromatic nitrogens is 3. The Hall–Kier alpha value is -1.08. The average Bonchev–Trinajstić information content (AvgIpc) is 2.58. The molecule has 0 unspecified atom stereocenters. The van der Waals surface area contributed by atoms with E-state index in [0.717, 1.165) is 11.8 Å². The van der Waals surface area contributed by atoms with Gasteiger partial charge in [0.05, 0.1) is 12.4 Å². The van der Waals surface area contributed by atoms with E-state index in [1.807, 2.05) is 0 Å². The first-order valence-corrected chi connectivity index (χ1v) is 4.94. The molecule has 0 aliphatic rings. The second kappa shape index (κ2) is 5.61. The first-order valence-electron chi connectivity index (χ1n) is 3.95. The maximum Gasteiger partial charge on any atom is 0.313 e. The van der Waals surface area contributed by atoms with Crippen molar-refractivity contribution >= 4 is 17.7 Å². The Morgan fingerprint density at radius 2 is 2.57 bits per heavy atom. The van der Waals surface area contributed by atoms with Crippen molar-refractivity contribution in [3.8, 4) is 0 Å². The molecule has 14 heavy (non-hydrogen) atoms. The number of thioether (sulfide) groups is 1. The van der Waals surface area contributed by atoms with Gasteiger partial charge in [-0.05, 0) is 0 Å². The molecule has 0 saturated carbocycles. The number of rotatable bonds is 6. The van der Waals surface area contributed by atoms with Crippen LogP contribution in [-0.4, -0.2) is 45.3 Å². The van der Waals surface area contributed by atoms with Crippen LogP contribution in [0.4, 0.5) is 0 Å². The highest BCUT2D eigenvalue weighted by molar-refractivity contribution is 7.99. The Labute approximate surface area is 85.3 Å². The fourth-order valence-corrected chi connectivity index (χ4v) is 1.49. The van der Waals surface area contributed by atoms with Gasteiger partial charge in [0, 0.05) is 13.7 Å². The minimum atomic E-state index is -0.865. The summed E-state index contributed by atoms with van der Waals surface area (Å²) in [6, 6.07) is 0. The molecule has 7 heteroatoms. The second-order valence-electron chi connectivity index (χ2n) is 2.48. The fourth-order valence-electron chi connectivity index (χ4n) is 0.825. The molecule has 0 radical (unpaired) electrons. The van der Waals surface area contributed by atoms with Gasteiger partial charge in [-0.1, -0.05) is 11.8 Å². The Morgan fingerprint density at radius 1 is 1.79 bits per heavy atom. The number of aliphatic carboxylic acids is 1. The summed E-state index contributed by atoms with van der Waals surface area (Å²) < 4.78 is 6.65. The summed E-state index contributed by atoms with van der Waals surface area (Å²) in [5.41, 5.74) is 0. The molecule has 1 aromatic heterocycles. The smallest absolute Gasteiger partial charge is 0.313 e. The van der Waals surface area contributed by atoms with E-state index in [4.69, 9.17) is 9.84 Å². The minimum Gasteiger partial charge on any atom is -0.481 e. The van der Waals surface area contributed by atoms with Crippen LogP contribution in [0.3, 0.4) is 0 Å². The molecule has 0 fully saturated rings. The fraction of sp³-hybridized carbons (Fsp3) is 0.571. The van der Waals surface area contributed by atoms with Crippen molar-refractivity contribution < 1.29 is 14.6 Å². The van der Waals surface area contributed by atoms with Gasteiger partial charge in [-0.2, -0.15) is 0 Å². The normalized spacial score (nSPS) is 10.4. The topological polar surface area (TPSA) is 77.2 Å². The highest BCUT2D eigenvalue weighted by atomic mass is 32.2. The van der Waals surface area contributed by atoms with E-state index in [9.17, 15) is 4.79 Å². The third-order valence-electron chi connectivity index (χ3n) is 1.44. The van der Waals surface area contributed by atoms with Crippen LogP contribution < -0.4 is 0 Å². The largest absolute Gasteiger partial charge is 0.481 e. The van der Waals surface area contributed by atoms with Crippen LogP contribution in [0.2, 0.25) is 0 Å². The van der Waals surface area contributed by atoms with Gasteiger partial charge in [0.2, 0.25) is 0 Å². The lowest BCUT2D eigenvalue weighted by Gasteiger charge is -2.03. The summed E-state index contributed by atoms with van der Waals surface area (Å²) in [7, 11) is 1.61. The number of methoxy groups -OCH3 is 1. The van der Waals surface area contributed by atoms with Gasteiger partial charge in [-0.15, -0.1) is 10.2 Å². The van der Waals surface area contributed by atoms with Crippen molar-refractivity contribution in [2.45, 2.75) is 11.7 Å². The predicted molar refractivity (Wildman–Crippen MR) is 50.3 cm³/mol. The molecule has 1 rings (SSSR count). The average molecular weight is 217 g/mol. The van der Waals surface area contributed by atoms with Crippen molar-refractivity contribution in [3.05, 3.63) is 6.33 Å². The third-order valence-corrected chi connectivity index (χ3v) is 2.41. The number of carboxylic acid groups (broad SMARTS) is 1. The van der Waals surface area contributed by atoms with Gasteiger partial charge in [0.15, 0.2) is 5.16 Å². The Balaban J connectivity index is 2.49. The quantitative estimate of drug-likeness (QED) is 0.681. The van der Waals surface area contributed by atoms with Crippen LogP contribution in [0.25, 0.3) is 0 Å². The van der Waals surface area contributed by atoms with Gasteiger partial charge in [0.25, 0.3) is 0 Å². The summed E-state index contributed by atoms with van der Waals surface area (Å²) in [6.07, 6.45) is 1.56. The standard InChI is InChI=1S/C7H11N3O3S/c1-13-3-2-10-5-8-9-7(10)14-4-6(11)12/h5H,2-4H2,1H3,(H,11,12). The van der Waals surface area contributed by atoms with E-state index in [2.05, 4.69) is 10.2 Å². The van der Waals surface area contributed by atoms with Crippen molar-refractivity contribution in [1.82, 2.24) is 14.8 Å². The maximum atomic E-state index is 10.3. The Kier molecular flexibility index (Phi) is 4.41. The third kappa shape index (κ3) is 3.35. The zero-order chi connectivity index (χ0) is 10.4. The summed E-state index contributed by atoms with van der Waals surface area (Å²) in [6.45, 7) is 1.18. The van der Waals surface area contributed by atoms with Crippen molar-refractivity contribution in [2.75, 3.05) is 19.5 Å². The van der Waals surface area contributed by atoms with Crippen LogP contribution in [-0.2, 0) is 16.1 Å². The number of nitrogens with zero attached hydrogens (tertiary/aromatic N) is 3. The molecule has 6 nitrogen and oxygen atoms in total. The highest BCUT2D eigenvalue weighted by Crippen LogP contribution is 2.13. The molecule has 0 atom stereocenters. The molecule has 0 aromatic carbocycles. The van der Waals surface area contributed by atoms with E-state index in [1.165, 1.54) is 0 Å².